The number of hydrogen-bond donors (Lipinski definition) is 2. The molecule has 2 aliphatic rings. The van der Waals surface area contributed by atoms with Crippen LogP contribution in [0.3, 0.4) is 0 Å². The predicted molar refractivity (Wildman–Crippen MR) is 111 cm³/mol. The number of β-amino-alcohol motifs (C(OH)–C–C–N with tert-alkyl or cyclic N) is 1. The van der Waals surface area contributed by atoms with E-state index in [1.54, 1.807) is 7.11 Å². The molecule has 0 saturated carbocycles. The summed E-state index contributed by atoms with van der Waals surface area (Å²) in [4.78, 5) is 13.6. The Labute approximate surface area is 172 Å². The summed E-state index contributed by atoms with van der Waals surface area (Å²) in [5.74, 6) is 1.51. The number of benzene rings is 1. The third kappa shape index (κ3) is 4.93. The second-order valence-corrected chi connectivity index (χ2v) is 8.07. The van der Waals surface area contributed by atoms with Gasteiger partial charge < -0.3 is 14.9 Å². The molecule has 2 aliphatic heterocycles. The Kier molecular flexibility index (Phi) is 6.40. The third-order valence-corrected chi connectivity index (χ3v) is 6.06. The highest BCUT2D eigenvalue weighted by molar-refractivity contribution is 5.55. The molecule has 2 saturated heterocycles. The van der Waals surface area contributed by atoms with Crippen molar-refractivity contribution in [3.63, 3.8) is 0 Å². The van der Waals surface area contributed by atoms with Gasteiger partial charge in [0.15, 0.2) is 5.82 Å². The van der Waals surface area contributed by atoms with Crippen LogP contribution < -0.4 is 4.74 Å². The summed E-state index contributed by atoms with van der Waals surface area (Å²) in [6.45, 7) is 4.10. The van der Waals surface area contributed by atoms with Crippen LogP contribution in [0.25, 0.3) is 11.4 Å². The number of rotatable bonds is 5. The van der Waals surface area contributed by atoms with Crippen LogP contribution in [0.15, 0.2) is 36.7 Å². The van der Waals surface area contributed by atoms with Crippen molar-refractivity contribution in [1.82, 2.24) is 19.8 Å². The highest BCUT2D eigenvalue weighted by Gasteiger charge is 2.33. The molecule has 4 rings (SSSR count). The lowest BCUT2D eigenvalue weighted by molar-refractivity contribution is -0.0355. The lowest BCUT2D eigenvalue weighted by Crippen LogP contribution is -2.55. The lowest BCUT2D eigenvalue weighted by atomic mass is 9.96. The Morgan fingerprint density at radius 1 is 1.00 bits per heavy atom. The molecule has 7 heteroatoms. The minimum Gasteiger partial charge on any atom is -0.497 e. The van der Waals surface area contributed by atoms with Gasteiger partial charge in [0.2, 0.25) is 0 Å². The van der Waals surface area contributed by atoms with E-state index in [1.165, 1.54) is 0 Å². The molecule has 29 heavy (non-hydrogen) atoms. The van der Waals surface area contributed by atoms with Crippen molar-refractivity contribution >= 4 is 0 Å². The predicted octanol–water partition coefficient (Wildman–Crippen LogP) is 1.54. The molecule has 1 aromatic heterocycles. The van der Waals surface area contributed by atoms with E-state index in [1.807, 2.05) is 36.7 Å². The Balaban J connectivity index is 1.31. The first-order valence-corrected chi connectivity index (χ1v) is 10.4. The van der Waals surface area contributed by atoms with E-state index in [-0.39, 0.29) is 18.2 Å². The van der Waals surface area contributed by atoms with Crippen molar-refractivity contribution in [1.29, 1.82) is 0 Å². The number of hydrogen-bond acceptors (Lipinski definition) is 7. The van der Waals surface area contributed by atoms with Crippen molar-refractivity contribution in [3.8, 4) is 17.1 Å². The summed E-state index contributed by atoms with van der Waals surface area (Å²) < 4.78 is 5.19. The molecule has 0 spiro atoms. The van der Waals surface area contributed by atoms with Gasteiger partial charge in [-0.3, -0.25) is 9.80 Å². The molecule has 2 aromatic rings. The van der Waals surface area contributed by atoms with Gasteiger partial charge in [-0.2, -0.15) is 0 Å². The molecule has 3 heterocycles. The van der Waals surface area contributed by atoms with Crippen LogP contribution in [0.1, 0.15) is 24.8 Å². The van der Waals surface area contributed by atoms with Gasteiger partial charge >= 0.3 is 0 Å². The van der Waals surface area contributed by atoms with Crippen molar-refractivity contribution in [2.45, 2.75) is 44.1 Å². The molecule has 1 aromatic carbocycles. The quantitative estimate of drug-likeness (QED) is 0.791. The number of methoxy groups -OCH3 is 1. The molecule has 0 bridgehead atoms. The van der Waals surface area contributed by atoms with Gasteiger partial charge in [0.25, 0.3) is 0 Å². The molecular formula is C22H30N4O3. The van der Waals surface area contributed by atoms with Gasteiger partial charge in [0.1, 0.15) is 5.75 Å². The number of likely N-dealkylation sites (tertiary alicyclic amines) is 2. The highest BCUT2D eigenvalue weighted by atomic mass is 16.5. The van der Waals surface area contributed by atoms with Gasteiger partial charge in [0.05, 0.1) is 19.3 Å². The van der Waals surface area contributed by atoms with Crippen LogP contribution in [0.5, 0.6) is 5.75 Å². The fraction of sp³-hybridized carbons (Fsp3) is 0.545. The van der Waals surface area contributed by atoms with E-state index in [0.29, 0.717) is 12.4 Å². The largest absolute Gasteiger partial charge is 0.497 e. The van der Waals surface area contributed by atoms with Gasteiger partial charge in [-0.1, -0.05) is 0 Å². The SMILES string of the molecule is COc1ccc(-c2ncc(CN3CC[C@@H](N4CCC(O)CC4)[C@H](O)C3)cn2)cc1. The summed E-state index contributed by atoms with van der Waals surface area (Å²) in [6, 6.07) is 7.92. The van der Waals surface area contributed by atoms with Crippen molar-refractivity contribution in [3.05, 3.63) is 42.2 Å². The summed E-state index contributed by atoms with van der Waals surface area (Å²) >= 11 is 0. The summed E-state index contributed by atoms with van der Waals surface area (Å²) in [7, 11) is 1.65. The van der Waals surface area contributed by atoms with E-state index in [2.05, 4.69) is 19.8 Å². The molecule has 2 atom stereocenters. The average Bonchev–Trinajstić information content (AvgIpc) is 2.75. The zero-order valence-corrected chi connectivity index (χ0v) is 16.9. The second-order valence-electron chi connectivity index (χ2n) is 8.07. The minimum atomic E-state index is -0.363. The number of ether oxygens (including phenoxy) is 1. The second kappa shape index (κ2) is 9.17. The van der Waals surface area contributed by atoms with Crippen LogP contribution >= 0.6 is 0 Å². The monoisotopic (exact) mass is 398 g/mol. The minimum absolute atomic E-state index is 0.177. The standard InChI is InChI=1S/C22H30N4O3/c1-29-19-4-2-17(3-5-19)22-23-12-16(13-24-22)14-25-9-8-20(21(28)15-25)26-10-6-18(27)7-11-26/h2-5,12-13,18,20-21,27-28H,6-11,14-15H2,1H3/t20-,21-/m1/s1. The fourth-order valence-electron chi connectivity index (χ4n) is 4.36. The van der Waals surface area contributed by atoms with Crippen molar-refractivity contribution in [2.24, 2.45) is 0 Å². The molecule has 0 amide bonds. The smallest absolute Gasteiger partial charge is 0.159 e. The summed E-state index contributed by atoms with van der Waals surface area (Å²) in [5, 5.41) is 20.4. The van der Waals surface area contributed by atoms with Crippen LogP contribution in [-0.2, 0) is 6.54 Å². The van der Waals surface area contributed by atoms with Crippen molar-refractivity contribution < 1.29 is 14.9 Å². The molecular weight excluding hydrogens is 368 g/mol. The number of aromatic nitrogens is 2. The number of piperidine rings is 2. The molecule has 7 nitrogen and oxygen atoms in total. The molecule has 0 aliphatic carbocycles. The fourth-order valence-corrected chi connectivity index (χ4v) is 4.36. The number of nitrogens with zero attached hydrogens (tertiary/aromatic N) is 4. The summed E-state index contributed by atoms with van der Waals surface area (Å²) in [5.41, 5.74) is 2.01. The third-order valence-electron chi connectivity index (χ3n) is 6.06. The van der Waals surface area contributed by atoms with Gasteiger partial charge in [-0.25, -0.2) is 9.97 Å². The highest BCUT2D eigenvalue weighted by Crippen LogP contribution is 2.23. The maximum Gasteiger partial charge on any atom is 0.159 e. The Bertz CT molecular complexity index is 776. The molecule has 0 radical (unpaired) electrons. The average molecular weight is 399 g/mol. The lowest BCUT2D eigenvalue weighted by Gasteiger charge is -2.43. The van der Waals surface area contributed by atoms with E-state index >= 15 is 0 Å². The van der Waals surface area contributed by atoms with Crippen LogP contribution in [-0.4, -0.2) is 81.5 Å². The van der Waals surface area contributed by atoms with Gasteiger partial charge in [-0.05, 0) is 43.5 Å². The topological polar surface area (TPSA) is 82.0 Å². The first-order valence-electron chi connectivity index (χ1n) is 10.4. The van der Waals surface area contributed by atoms with Crippen LogP contribution in [0, 0.1) is 0 Å². The zero-order valence-electron chi connectivity index (χ0n) is 16.9. The Morgan fingerprint density at radius 2 is 1.69 bits per heavy atom. The maximum atomic E-state index is 10.7. The zero-order chi connectivity index (χ0) is 20.2. The molecule has 156 valence electrons. The van der Waals surface area contributed by atoms with E-state index in [9.17, 15) is 10.2 Å². The molecule has 0 unspecified atom stereocenters. The first kappa shape index (κ1) is 20.2. The van der Waals surface area contributed by atoms with E-state index < -0.39 is 0 Å². The number of aliphatic hydroxyl groups is 2. The normalized spacial score (nSPS) is 24.5. The Hall–Kier alpha value is -2.06. The van der Waals surface area contributed by atoms with Crippen LogP contribution in [0.2, 0.25) is 0 Å². The van der Waals surface area contributed by atoms with Gasteiger partial charge in [-0.15, -0.1) is 0 Å². The Morgan fingerprint density at radius 3 is 2.31 bits per heavy atom. The van der Waals surface area contributed by atoms with Crippen molar-refractivity contribution in [2.75, 3.05) is 33.3 Å². The van der Waals surface area contributed by atoms with Crippen LogP contribution in [0.4, 0.5) is 0 Å². The number of aliphatic hydroxyl groups excluding tert-OH is 2. The maximum absolute atomic E-state index is 10.7. The van der Waals surface area contributed by atoms with Gasteiger partial charge in [0, 0.05) is 62.3 Å². The van der Waals surface area contributed by atoms with E-state index in [0.717, 1.165) is 62.3 Å². The van der Waals surface area contributed by atoms with E-state index in [4.69, 9.17) is 4.74 Å². The summed E-state index contributed by atoms with van der Waals surface area (Å²) in [6.07, 6.45) is 5.77. The molecule has 2 fully saturated rings. The first-order chi connectivity index (χ1) is 14.1. The molecule has 2 N–H and O–H groups in total.